The molecule has 0 unspecified atom stereocenters. The number of amides is 1. The maximum atomic E-state index is 12.6. The van der Waals surface area contributed by atoms with E-state index in [4.69, 9.17) is 4.74 Å². The van der Waals surface area contributed by atoms with E-state index in [2.05, 4.69) is 21.2 Å². The maximum Gasteiger partial charge on any atom is 0.253 e. The van der Waals surface area contributed by atoms with Crippen molar-refractivity contribution in [2.45, 2.75) is 6.42 Å². The van der Waals surface area contributed by atoms with E-state index in [9.17, 15) is 4.79 Å². The predicted molar refractivity (Wildman–Crippen MR) is 98.6 cm³/mol. The minimum atomic E-state index is 0.0996. The van der Waals surface area contributed by atoms with Gasteiger partial charge in [-0.1, -0.05) is 22.0 Å². The van der Waals surface area contributed by atoms with Gasteiger partial charge in [0.15, 0.2) is 0 Å². The standard InChI is InChI=1S/C19H21BrN2O2/c1-21-12-14-9-10-22(13-14)19(23)15-5-7-17(8-6-15)24-18-4-2-3-16(20)11-18/h2-8,11,14,21H,9-10,12-13H2,1H3/t14-/m0/s1. The lowest BCUT2D eigenvalue weighted by Gasteiger charge is -2.17. The Hall–Kier alpha value is -1.85. The van der Waals surface area contributed by atoms with Crippen LogP contribution in [0.5, 0.6) is 11.5 Å². The molecule has 0 bridgehead atoms. The van der Waals surface area contributed by atoms with E-state index < -0.39 is 0 Å². The van der Waals surface area contributed by atoms with E-state index in [0.29, 0.717) is 11.5 Å². The number of rotatable bonds is 5. The average molecular weight is 389 g/mol. The smallest absolute Gasteiger partial charge is 0.253 e. The molecule has 1 amide bonds. The summed E-state index contributed by atoms with van der Waals surface area (Å²) in [7, 11) is 1.95. The highest BCUT2D eigenvalue weighted by molar-refractivity contribution is 9.10. The molecule has 3 rings (SSSR count). The zero-order valence-electron chi connectivity index (χ0n) is 13.7. The average Bonchev–Trinajstić information content (AvgIpc) is 3.04. The quantitative estimate of drug-likeness (QED) is 0.843. The number of carbonyl (C=O) groups is 1. The second-order valence-electron chi connectivity index (χ2n) is 6.05. The number of ether oxygens (including phenoxy) is 1. The Morgan fingerprint density at radius 1 is 1.25 bits per heavy atom. The number of likely N-dealkylation sites (tertiary alicyclic amines) is 1. The molecule has 1 saturated heterocycles. The minimum Gasteiger partial charge on any atom is -0.457 e. The van der Waals surface area contributed by atoms with E-state index in [0.717, 1.165) is 42.0 Å². The minimum absolute atomic E-state index is 0.0996. The lowest BCUT2D eigenvalue weighted by molar-refractivity contribution is 0.0787. The molecule has 126 valence electrons. The van der Waals surface area contributed by atoms with Gasteiger partial charge in [0.2, 0.25) is 0 Å². The summed E-state index contributed by atoms with van der Waals surface area (Å²) in [5.41, 5.74) is 0.710. The van der Waals surface area contributed by atoms with Crippen molar-refractivity contribution in [3.05, 3.63) is 58.6 Å². The van der Waals surface area contributed by atoms with Crippen molar-refractivity contribution in [2.24, 2.45) is 5.92 Å². The molecule has 1 N–H and O–H groups in total. The van der Waals surface area contributed by atoms with Crippen LogP contribution < -0.4 is 10.1 Å². The maximum absolute atomic E-state index is 12.6. The molecular formula is C19H21BrN2O2. The Kier molecular flexibility index (Phi) is 5.53. The van der Waals surface area contributed by atoms with Gasteiger partial charge < -0.3 is 15.0 Å². The fraction of sp³-hybridized carbons (Fsp3) is 0.316. The first kappa shape index (κ1) is 17.0. The molecule has 2 aromatic rings. The van der Waals surface area contributed by atoms with Crippen molar-refractivity contribution in [3.8, 4) is 11.5 Å². The fourth-order valence-corrected chi connectivity index (χ4v) is 3.37. The molecule has 1 aliphatic heterocycles. The van der Waals surface area contributed by atoms with E-state index in [1.54, 1.807) is 0 Å². The molecule has 1 heterocycles. The van der Waals surface area contributed by atoms with Crippen LogP contribution in [0.15, 0.2) is 53.0 Å². The fourth-order valence-electron chi connectivity index (χ4n) is 2.99. The van der Waals surface area contributed by atoms with Crippen molar-refractivity contribution in [2.75, 3.05) is 26.7 Å². The highest BCUT2D eigenvalue weighted by Gasteiger charge is 2.26. The number of hydrogen-bond acceptors (Lipinski definition) is 3. The van der Waals surface area contributed by atoms with Crippen LogP contribution in [0.4, 0.5) is 0 Å². The number of hydrogen-bond donors (Lipinski definition) is 1. The van der Waals surface area contributed by atoms with Crippen LogP contribution in [0.2, 0.25) is 0 Å². The molecule has 0 aromatic heterocycles. The number of nitrogens with zero attached hydrogens (tertiary/aromatic N) is 1. The van der Waals surface area contributed by atoms with E-state index in [1.807, 2.05) is 60.5 Å². The molecule has 0 aliphatic carbocycles. The van der Waals surface area contributed by atoms with Crippen molar-refractivity contribution in [3.63, 3.8) is 0 Å². The van der Waals surface area contributed by atoms with Crippen LogP contribution in [0.1, 0.15) is 16.8 Å². The molecule has 5 heteroatoms. The summed E-state index contributed by atoms with van der Waals surface area (Å²) < 4.78 is 6.77. The molecule has 0 radical (unpaired) electrons. The van der Waals surface area contributed by atoms with Crippen molar-refractivity contribution in [1.82, 2.24) is 10.2 Å². The number of nitrogens with one attached hydrogen (secondary N) is 1. The van der Waals surface area contributed by atoms with Crippen LogP contribution in [0.3, 0.4) is 0 Å². The number of halogens is 1. The molecule has 24 heavy (non-hydrogen) atoms. The van der Waals surface area contributed by atoms with Gasteiger partial charge in [-0.25, -0.2) is 0 Å². The topological polar surface area (TPSA) is 41.6 Å². The second kappa shape index (κ2) is 7.81. The molecule has 0 spiro atoms. The molecule has 0 saturated carbocycles. The van der Waals surface area contributed by atoms with E-state index in [-0.39, 0.29) is 5.91 Å². The molecule has 4 nitrogen and oxygen atoms in total. The Balaban J connectivity index is 1.63. The largest absolute Gasteiger partial charge is 0.457 e. The summed E-state index contributed by atoms with van der Waals surface area (Å²) in [5, 5.41) is 3.19. The summed E-state index contributed by atoms with van der Waals surface area (Å²) in [5.74, 6) is 2.14. The monoisotopic (exact) mass is 388 g/mol. The van der Waals surface area contributed by atoms with Gasteiger partial charge >= 0.3 is 0 Å². The third-order valence-electron chi connectivity index (χ3n) is 4.20. The summed E-state index contributed by atoms with van der Waals surface area (Å²) in [4.78, 5) is 14.5. The summed E-state index contributed by atoms with van der Waals surface area (Å²) in [6, 6.07) is 15.0. The predicted octanol–water partition coefficient (Wildman–Crippen LogP) is 3.92. The van der Waals surface area contributed by atoms with Crippen LogP contribution in [-0.2, 0) is 0 Å². The van der Waals surface area contributed by atoms with Gasteiger partial charge in [0.1, 0.15) is 11.5 Å². The first-order valence-corrected chi connectivity index (χ1v) is 8.92. The molecule has 1 fully saturated rings. The van der Waals surface area contributed by atoms with Gasteiger partial charge in [0.05, 0.1) is 0 Å². The molecule has 2 aromatic carbocycles. The van der Waals surface area contributed by atoms with Gasteiger partial charge in [-0.2, -0.15) is 0 Å². The number of carbonyl (C=O) groups excluding carboxylic acids is 1. The Labute approximate surface area is 150 Å². The zero-order chi connectivity index (χ0) is 16.9. The van der Waals surface area contributed by atoms with Gasteiger partial charge in [0, 0.05) is 23.1 Å². The molecule has 1 atom stereocenters. The molecular weight excluding hydrogens is 368 g/mol. The van der Waals surface area contributed by atoms with Gasteiger partial charge in [-0.05, 0) is 68.4 Å². The third-order valence-corrected chi connectivity index (χ3v) is 4.69. The molecule has 1 aliphatic rings. The third kappa shape index (κ3) is 4.16. The normalized spacial score (nSPS) is 17.1. The first-order valence-electron chi connectivity index (χ1n) is 8.13. The van der Waals surface area contributed by atoms with Crippen LogP contribution >= 0.6 is 15.9 Å². The van der Waals surface area contributed by atoms with Gasteiger partial charge in [-0.15, -0.1) is 0 Å². The number of benzene rings is 2. The van der Waals surface area contributed by atoms with E-state index in [1.165, 1.54) is 0 Å². The van der Waals surface area contributed by atoms with Gasteiger partial charge in [0.25, 0.3) is 5.91 Å². The van der Waals surface area contributed by atoms with Crippen LogP contribution in [-0.4, -0.2) is 37.5 Å². The van der Waals surface area contributed by atoms with E-state index >= 15 is 0 Å². The van der Waals surface area contributed by atoms with Crippen molar-refractivity contribution >= 4 is 21.8 Å². The first-order chi connectivity index (χ1) is 11.7. The summed E-state index contributed by atoms with van der Waals surface area (Å²) in [6.45, 7) is 2.63. The highest BCUT2D eigenvalue weighted by Crippen LogP contribution is 2.25. The lowest BCUT2D eigenvalue weighted by atomic mass is 10.1. The van der Waals surface area contributed by atoms with Crippen molar-refractivity contribution < 1.29 is 9.53 Å². The van der Waals surface area contributed by atoms with Gasteiger partial charge in [-0.3, -0.25) is 4.79 Å². The Morgan fingerprint density at radius 3 is 2.75 bits per heavy atom. The Morgan fingerprint density at radius 2 is 2.04 bits per heavy atom. The summed E-state index contributed by atoms with van der Waals surface area (Å²) in [6.07, 6.45) is 1.07. The second-order valence-corrected chi connectivity index (χ2v) is 6.96. The SMILES string of the molecule is CNC[C@@H]1CCN(C(=O)c2ccc(Oc3cccc(Br)c3)cc2)C1. The van der Waals surface area contributed by atoms with Crippen molar-refractivity contribution in [1.29, 1.82) is 0 Å². The highest BCUT2D eigenvalue weighted by atomic mass is 79.9. The lowest BCUT2D eigenvalue weighted by Crippen LogP contribution is -2.30. The van der Waals surface area contributed by atoms with Crippen LogP contribution in [0, 0.1) is 5.92 Å². The zero-order valence-corrected chi connectivity index (χ0v) is 15.3. The summed E-state index contributed by atoms with van der Waals surface area (Å²) >= 11 is 3.43. The van der Waals surface area contributed by atoms with Crippen LogP contribution in [0.25, 0.3) is 0 Å². The Bertz CT molecular complexity index is 703.